The number of anilines is 1. The molecule has 33 heavy (non-hydrogen) atoms. The van der Waals surface area contributed by atoms with E-state index in [9.17, 15) is 14.4 Å². The molecule has 0 radical (unpaired) electrons. The number of amides is 2. The average molecular weight is 488 g/mol. The van der Waals surface area contributed by atoms with Crippen molar-refractivity contribution in [3.63, 3.8) is 0 Å². The van der Waals surface area contributed by atoms with Crippen molar-refractivity contribution in [1.82, 2.24) is 9.88 Å². The van der Waals surface area contributed by atoms with Crippen LogP contribution in [-0.4, -0.2) is 48.4 Å². The molecule has 3 aromatic rings. The summed E-state index contributed by atoms with van der Waals surface area (Å²) >= 11 is 7.00. The Bertz CT molecular complexity index is 1140. The molecule has 10 heteroatoms. The van der Waals surface area contributed by atoms with E-state index in [4.69, 9.17) is 21.1 Å². The van der Waals surface area contributed by atoms with Gasteiger partial charge in [0.05, 0.1) is 5.69 Å². The second kappa shape index (κ2) is 10.9. The van der Waals surface area contributed by atoms with E-state index in [1.54, 1.807) is 69.6 Å². The van der Waals surface area contributed by atoms with E-state index in [2.05, 4.69) is 10.3 Å². The Morgan fingerprint density at radius 2 is 1.73 bits per heavy atom. The molecule has 0 saturated heterocycles. The lowest BCUT2D eigenvalue weighted by molar-refractivity contribution is -0.119. The van der Waals surface area contributed by atoms with Gasteiger partial charge in [-0.1, -0.05) is 11.6 Å². The molecule has 3 rings (SSSR count). The van der Waals surface area contributed by atoms with Crippen LogP contribution in [0.2, 0.25) is 5.02 Å². The normalized spacial score (nSPS) is 10.4. The fourth-order valence-corrected chi connectivity index (χ4v) is 3.73. The van der Waals surface area contributed by atoms with Crippen LogP contribution in [0.1, 0.15) is 30.7 Å². The molecule has 0 unspecified atom stereocenters. The summed E-state index contributed by atoms with van der Waals surface area (Å²) in [6.45, 7) is 1.42. The van der Waals surface area contributed by atoms with Crippen molar-refractivity contribution in [3.05, 3.63) is 74.7 Å². The van der Waals surface area contributed by atoms with Gasteiger partial charge in [-0.2, -0.15) is 0 Å². The van der Waals surface area contributed by atoms with Crippen LogP contribution >= 0.6 is 22.9 Å². The molecule has 1 aromatic heterocycles. The zero-order valence-corrected chi connectivity index (χ0v) is 19.8. The van der Waals surface area contributed by atoms with Crippen molar-refractivity contribution in [2.75, 3.05) is 26.0 Å². The highest BCUT2D eigenvalue weighted by Crippen LogP contribution is 2.22. The fourth-order valence-electron chi connectivity index (χ4n) is 2.73. The third kappa shape index (κ3) is 6.77. The molecule has 0 saturated carbocycles. The van der Waals surface area contributed by atoms with Crippen LogP contribution in [0, 0.1) is 6.92 Å². The van der Waals surface area contributed by atoms with Crippen molar-refractivity contribution in [1.29, 1.82) is 0 Å². The highest BCUT2D eigenvalue weighted by Gasteiger charge is 2.18. The Balaban J connectivity index is 1.50. The number of nitrogens with one attached hydrogen (secondary N) is 1. The molecule has 0 aliphatic heterocycles. The number of benzene rings is 2. The number of halogens is 1. The number of carbonyl (C=O) groups excluding carboxylic acids is 3. The maximum Gasteiger partial charge on any atom is 0.350 e. The number of nitrogens with zero attached hydrogens (tertiary/aromatic N) is 2. The minimum Gasteiger partial charge on any atom is -0.486 e. The molecule has 1 heterocycles. The van der Waals surface area contributed by atoms with Gasteiger partial charge in [-0.15, -0.1) is 11.3 Å². The maximum atomic E-state index is 12.4. The fraction of sp³-hybridized carbons (Fsp3) is 0.217. The average Bonchev–Trinajstić information content (AvgIpc) is 3.17. The van der Waals surface area contributed by atoms with Gasteiger partial charge in [-0.25, -0.2) is 9.78 Å². The van der Waals surface area contributed by atoms with Gasteiger partial charge >= 0.3 is 5.97 Å². The maximum absolute atomic E-state index is 12.4. The molecular formula is C23H22ClN3O5S. The van der Waals surface area contributed by atoms with Crippen molar-refractivity contribution in [2.45, 2.75) is 13.5 Å². The minimum absolute atomic E-state index is 0.139. The number of aryl methyl sites for hydroxylation is 1. The highest BCUT2D eigenvalue weighted by molar-refractivity contribution is 7.13. The predicted molar refractivity (Wildman–Crippen MR) is 126 cm³/mol. The van der Waals surface area contributed by atoms with Crippen molar-refractivity contribution in [2.24, 2.45) is 0 Å². The summed E-state index contributed by atoms with van der Waals surface area (Å²) in [6, 6.07) is 13.4. The number of rotatable bonds is 8. The first-order valence-electron chi connectivity index (χ1n) is 9.86. The molecule has 8 nitrogen and oxygen atoms in total. The first kappa shape index (κ1) is 24.2. The lowest BCUT2D eigenvalue weighted by atomic mass is 10.2. The summed E-state index contributed by atoms with van der Waals surface area (Å²) in [4.78, 5) is 42.6. The van der Waals surface area contributed by atoms with Gasteiger partial charge in [0.2, 0.25) is 0 Å². The van der Waals surface area contributed by atoms with Gasteiger partial charge in [0.15, 0.2) is 6.61 Å². The van der Waals surface area contributed by atoms with E-state index in [0.29, 0.717) is 37.6 Å². The molecule has 1 N–H and O–H groups in total. The van der Waals surface area contributed by atoms with Crippen LogP contribution in [0.25, 0.3) is 0 Å². The lowest BCUT2D eigenvalue weighted by Gasteiger charge is -2.11. The second-order valence-corrected chi connectivity index (χ2v) is 8.69. The van der Waals surface area contributed by atoms with Crippen LogP contribution in [0.15, 0.2) is 48.5 Å². The van der Waals surface area contributed by atoms with Crippen molar-refractivity contribution in [3.8, 4) is 5.75 Å². The SMILES string of the molecule is Cc1nc(COc2ccc(Cl)cc2)sc1C(=O)OCC(=O)Nc1ccc(C(=O)N(C)C)cc1. The molecule has 172 valence electrons. The number of thiazole rings is 1. The van der Waals surface area contributed by atoms with Crippen LogP contribution in [0.5, 0.6) is 5.75 Å². The summed E-state index contributed by atoms with van der Waals surface area (Å²) in [5.41, 5.74) is 1.49. The Morgan fingerprint density at radius 1 is 1.06 bits per heavy atom. The molecule has 0 aliphatic carbocycles. The summed E-state index contributed by atoms with van der Waals surface area (Å²) in [5.74, 6) is -0.639. The monoisotopic (exact) mass is 487 g/mol. The first-order chi connectivity index (χ1) is 15.7. The Hall–Kier alpha value is -3.43. The van der Waals surface area contributed by atoms with Gasteiger partial charge in [-0.05, 0) is 55.5 Å². The summed E-state index contributed by atoms with van der Waals surface area (Å²) in [5, 5.41) is 3.84. The van der Waals surface area contributed by atoms with Crippen molar-refractivity contribution >= 4 is 46.4 Å². The molecule has 2 aromatic carbocycles. The summed E-state index contributed by atoms with van der Waals surface area (Å²) < 4.78 is 10.8. The number of ether oxygens (including phenoxy) is 2. The largest absolute Gasteiger partial charge is 0.486 e. The highest BCUT2D eigenvalue weighted by atomic mass is 35.5. The molecule has 0 atom stereocenters. The van der Waals surface area contributed by atoms with E-state index in [1.165, 1.54) is 4.90 Å². The number of esters is 1. The van der Waals surface area contributed by atoms with Crippen LogP contribution in [-0.2, 0) is 16.1 Å². The van der Waals surface area contributed by atoms with Gasteiger partial charge < -0.3 is 19.7 Å². The zero-order valence-electron chi connectivity index (χ0n) is 18.3. The molecule has 2 amide bonds. The zero-order chi connectivity index (χ0) is 24.0. The minimum atomic E-state index is -0.634. The quantitative estimate of drug-likeness (QED) is 0.479. The standard InChI is InChI=1S/C23H22ClN3O5S/c1-14-21(33-20(25-14)13-31-18-10-6-16(24)7-11-18)23(30)32-12-19(28)26-17-8-4-15(5-9-17)22(29)27(2)3/h4-11H,12-13H2,1-3H3,(H,26,28). The van der Waals surface area contributed by atoms with Gasteiger partial charge in [0, 0.05) is 30.4 Å². The van der Waals surface area contributed by atoms with Gasteiger partial charge in [0.1, 0.15) is 22.2 Å². The molecule has 0 bridgehead atoms. The number of carbonyl (C=O) groups is 3. The number of hydrogen-bond acceptors (Lipinski definition) is 7. The van der Waals surface area contributed by atoms with E-state index in [-0.39, 0.29) is 12.5 Å². The Labute approximate surface area is 200 Å². The lowest BCUT2D eigenvalue weighted by Crippen LogP contribution is -2.22. The topological polar surface area (TPSA) is 97.8 Å². The molecule has 0 aliphatic rings. The number of aromatic nitrogens is 1. The predicted octanol–water partition coefficient (Wildman–Crippen LogP) is 4.18. The smallest absolute Gasteiger partial charge is 0.350 e. The molecule has 0 fully saturated rings. The third-order valence-electron chi connectivity index (χ3n) is 4.36. The summed E-state index contributed by atoms with van der Waals surface area (Å²) in [6.07, 6.45) is 0. The van der Waals surface area contributed by atoms with Crippen LogP contribution < -0.4 is 10.1 Å². The van der Waals surface area contributed by atoms with Crippen LogP contribution in [0.4, 0.5) is 5.69 Å². The summed E-state index contributed by atoms with van der Waals surface area (Å²) in [7, 11) is 3.32. The third-order valence-corrected chi connectivity index (χ3v) is 5.72. The van der Waals surface area contributed by atoms with Crippen molar-refractivity contribution < 1.29 is 23.9 Å². The molecular weight excluding hydrogens is 466 g/mol. The van der Waals surface area contributed by atoms with Crippen LogP contribution in [0.3, 0.4) is 0 Å². The second-order valence-electron chi connectivity index (χ2n) is 7.17. The Morgan fingerprint density at radius 3 is 2.36 bits per heavy atom. The molecule has 0 spiro atoms. The van der Waals surface area contributed by atoms with Gasteiger partial charge in [-0.3, -0.25) is 9.59 Å². The van der Waals surface area contributed by atoms with E-state index in [1.807, 2.05) is 0 Å². The van der Waals surface area contributed by atoms with E-state index >= 15 is 0 Å². The van der Waals surface area contributed by atoms with E-state index < -0.39 is 18.5 Å². The van der Waals surface area contributed by atoms with Gasteiger partial charge in [0.25, 0.3) is 11.8 Å². The first-order valence-corrected chi connectivity index (χ1v) is 11.1. The number of hydrogen-bond donors (Lipinski definition) is 1. The Kier molecular flexibility index (Phi) is 8.02. The van der Waals surface area contributed by atoms with E-state index in [0.717, 1.165) is 11.3 Å².